The minimum Gasteiger partial charge on any atom is -0.506 e. The molecule has 5 N–H and O–H groups in total. The lowest BCUT2D eigenvalue weighted by Crippen LogP contribution is -2.22. The highest BCUT2D eigenvalue weighted by Gasteiger charge is 2.27. The molecule has 0 heterocycles. The third-order valence-corrected chi connectivity index (χ3v) is 6.99. The lowest BCUT2D eigenvalue weighted by Gasteiger charge is -2.26. The van der Waals surface area contributed by atoms with Gasteiger partial charge in [-0.3, -0.25) is 14.9 Å². The van der Waals surface area contributed by atoms with Crippen LogP contribution in [0.15, 0.2) is 81.8 Å². The van der Waals surface area contributed by atoms with E-state index in [0.717, 1.165) is 0 Å². The molecule has 8 nitrogen and oxygen atoms in total. The highest BCUT2D eigenvalue weighted by molar-refractivity contribution is 9.11. The summed E-state index contributed by atoms with van der Waals surface area (Å²) in [5.74, 6) is -0.661. The summed E-state index contributed by atoms with van der Waals surface area (Å²) in [5.41, 5.74) is 8.28. The number of anilines is 3. The number of amides is 2. The zero-order valence-electron chi connectivity index (χ0n) is 21.4. The Morgan fingerprint density at radius 3 is 2.41 bits per heavy atom. The van der Waals surface area contributed by atoms with E-state index in [1.165, 1.54) is 13.0 Å². The van der Waals surface area contributed by atoms with Crippen LogP contribution in [-0.4, -0.2) is 22.9 Å². The minimum atomic E-state index is -0.804. The molecular weight excluding hydrogens is 630 g/mol. The Kier molecular flexibility index (Phi) is 10.7. The van der Waals surface area contributed by atoms with Gasteiger partial charge in [0.15, 0.2) is 5.78 Å². The van der Waals surface area contributed by atoms with Gasteiger partial charge in [0.25, 0.3) is 0 Å². The maximum Gasteiger partial charge on any atom is 0.412 e. The van der Waals surface area contributed by atoms with E-state index < -0.39 is 12.2 Å². The summed E-state index contributed by atoms with van der Waals surface area (Å²) in [4.78, 5) is 36.6. The number of nitrogens with one attached hydrogen (secondary N) is 2. The molecule has 0 bridgehead atoms. The first-order chi connectivity index (χ1) is 18.5. The zero-order valence-corrected chi connectivity index (χ0v) is 24.6. The SMILES string of the molecule is CC(=O)c1ccc(NC(=O)O[C@@H](c2cc(Br)cc(Br)c2O)[C@@H](C)CC/C=C/C(=O)Nc2ccccc2N)cc1. The number of nitrogen functional groups attached to an aromatic ring is 1. The van der Waals surface area contributed by atoms with E-state index in [0.29, 0.717) is 50.0 Å². The van der Waals surface area contributed by atoms with Gasteiger partial charge in [-0.25, -0.2) is 4.79 Å². The van der Waals surface area contributed by atoms with Crippen LogP contribution in [0, 0.1) is 5.92 Å². The van der Waals surface area contributed by atoms with Crippen molar-refractivity contribution in [3.8, 4) is 5.75 Å². The lowest BCUT2D eigenvalue weighted by atomic mass is 9.92. The largest absolute Gasteiger partial charge is 0.506 e. The highest BCUT2D eigenvalue weighted by atomic mass is 79.9. The number of carbonyl (C=O) groups excluding carboxylic acids is 3. The number of carbonyl (C=O) groups is 3. The Morgan fingerprint density at radius 2 is 1.74 bits per heavy atom. The summed E-state index contributed by atoms with van der Waals surface area (Å²) in [6.07, 6.45) is 2.71. The minimum absolute atomic E-state index is 0.0379. The molecule has 0 spiro atoms. The maximum absolute atomic E-state index is 12.8. The van der Waals surface area contributed by atoms with Crippen LogP contribution >= 0.6 is 31.9 Å². The molecule has 0 radical (unpaired) electrons. The number of halogens is 2. The molecule has 2 atom stereocenters. The van der Waals surface area contributed by atoms with Crippen LogP contribution in [0.25, 0.3) is 0 Å². The van der Waals surface area contributed by atoms with E-state index in [4.69, 9.17) is 10.5 Å². The van der Waals surface area contributed by atoms with Crippen molar-refractivity contribution < 1.29 is 24.2 Å². The van der Waals surface area contributed by atoms with E-state index >= 15 is 0 Å². The number of hydrogen-bond acceptors (Lipinski definition) is 6. The second kappa shape index (κ2) is 14.0. The number of nitrogens with two attached hydrogens (primary N) is 1. The van der Waals surface area contributed by atoms with Gasteiger partial charge in [0.1, 0.15) is 11.9 Å². The van der Waals surface area contributed by atoms with Crippen molar-refractivity contribution in [2.45, 2.75) is 32.8 Å². The van der Waals surface area contributed by atoms with Crippen molar-refractivity contribution in [2.24, 2.45) is 5.92 Å². The zero-order chi connectivity index (χ0) is 28.5. The van der Waals surface area contributed by atoms with Gasteiger partial charge in [0, 0.05) is 21.3 Å². The molecule has 0 aliphatic heterocycles. The molecule has 0 aromatic heterocycles. The van der Waals surface area contributed by atoms with Gasteiger partial charge < -0.3 is 20.9 Å². The predicted octanol–water partition coefficient (Wildman–Crippen LogP) is 7.60. The number of hydrogen-bond donors (Lipinski definition) is 4. The van der Waals surface area contributed by atoms with Gasteiger partial charge in [-0.15, -0.1) is 0 Å². The molecule has 3 aromatic rings. The van der Waals surface area contributed by atoms with Crippen molar-refractivity contribution in [2.75, 3.05) is 16.4 Å². The fourth-order valence-electron chi connectivity index (χ4n) is 3.83. The van der Waals surface area contributed by atoms with Crippen LogP contribution < -0.4 is 16.4 Å². The van der Waals surface area contributed by atoms with Crippen molar-refractivity contribution >= 4 is 66.7 Å². The fraction of sp³-hybridized carbons (Fsp3) is 0.207. The average molecular weight is 659 g/mol. The Hall–Kier alpha value is -3.63. The Labute approximate surface area is 243 Å². The number of rotatable bonds is 10. The third kappa shape index (κ3) is 8.69. The number of benzene rings is 3. The number of aromatic hydroxyl groups is 1. The van der Waals surface area contributed by atoms with Crippen molar-refractivity contribution in [1.82, 2.24) is 0 Å². The molecule has 10 heteroatoms. The van der Waals surface area contributed by atoms with E-state index in [2.05, 4.69) is 42.5 Å². The monoisotopic (exact) mass is 657 g/mol. The quantitative estimate of drug-likeness (QED) is 0.101. The second-order valence-corrected chi connectivity index (χ2v) is 10.7. The fourth-order valence-corrected chi connectivity index (χ4v) is 5.08. The van der Waals surface area contributed by atoms with Gasteiger partial charge in [0.2, 0.25) is 5.91 Å². The van der Waals surface area contributed by atoms with Crippen LogP contribution in [0.1, 0.15) is 48.7 Å². The molecule has 0 saturated carbocycles. The van der Waals surface area contributed by atoms with E-state index in [1.807, 2.05) is 6.92 Å². The van der Waals surface area contributed by atoms with Crippen molar-refractivity contribution in [1.29, 1.82) is 0 Å². The topological polar surface area (TPSA) is 131 Å². The number of ketones is 1. The van der Waals surface area contributed by atoms with Gasteiger partial charge >= 0.3 is 6.09 Å². The molecule has 0 saturated heterocycles. The first-order valence-corrected chi connectivity index (χ1v) is 13.7. The van der Waals surface area contributed by atoms with Crippen LogP contribution in [0.2, 0.25) is 0 Å². The molecule has 2 amide bonds. The summed E-state index contributed by atoms with van der Waals surface area (Å²) in [6, 6.07) is 16.8. The van der Waals surface area contributed by atoms with Gasteiger partial charge in [-0.1, -0.05) is 41.1 Å². The van der Waals surface area contributed by atoms with Crippen molar-refractivity contribution in [3.05, 3.63) is 92.9 Å². The third-order valence-electron chi connectivity index (χ3n) is 5.93. The van der Waals surface area contributed by atoms with Crippen LogP contribution in [-0.2, 0) is 9.53 Å². The number of para-hydroxylation sites is 2. The number of ether oxygens (including phenoxy) is 1. The van der Waals surface area contributed by atoms with Gasteiger partial charge in [-0.2, -0.15) is 0 Å². The summed E-state index contributed by atoms with van der Waals surface area (Å²) in [5, 5.41) is 16.1. The summed E-state index contributed by atoms with van der Waals surface area (Å²) in [7, 11) is 0. The Balaban J connectivity index is 1.70. The molecule has 204 valence electrons. The maximum atomic E-state index is 12.8. The standard InChI is InChI=1S/C29H29Br2N3O5/c1-17(7-3-6-10-26(36)34-25-9-5-4-8-24(25)32)28(22-15-20(30)16-23(31)27(22)37)39-29(38)33-21-13-11-19(12-14-21)18(2)35/h4-6,8-17,28,37H,3,7,32H2,1-2H3,(H,33,38)(H,34,36)/b10-6+/t17-,28+/m0/s1. The number of Topliss-reactive ketones (excluding diaryl/α,β-unsaturated/α-hetero) is 1. The lowest BCUT2D eigenvalue weighted by molar-refractivity contribution is -0.111. The first-order valence-electron chi connectivity index (χ1n) is 12.1. The number of phenolic OH excluding ortho intramolecular Hbond substituents is 1. The van der Waals surface area contributed by atoms with E-state index in [9.17, 15) is 19.5 Å². The molecule has 3 rings (SSSR count). The van der Waals surface area contributed by atoms with Gasteiger partial charge in [-0.05, 0) is 96.2 Å². The van der Waals surface area contributed by atoms with Crippen LogP contribution in [0.4, 0.5) is 21.9 Å². The van der Waals surface area contributed by atoms with Gasteiger partial charge in [0.05, 0.1) is 15.8 Å². The Morgan fingerprint density at radius 1 is 1.05 bits per heavy atom. The molecule has 0 aliphatic rings. The normalized spacial score (nSPS) is 12.5. The molecule has 0 fully saturated rings. The second-order valence-electron chi connectivity index (χ2n) is 8.94. The van der Waals surface area contributed by atoms with E-state index in [1.54, 1.807) is 66.7 Å². The van der Waals surface area contributed by atoms with Crippen LogP contribution in [0.3, 0.4) is 0 Å². The molecule has 39 heavy (non-hydrogen) atoms. The number of allylic oxidation sites excluding steroid dienone is 1. The molecular formula is C29H29Br2N3O5. The Bertz CT molecular complexity index is 1380. The predicted molar refractivity (Wildman–Crippen MR) is 160 cm³/mol. The molecule has 0 aliphatic carbocycles. The number of phenols is 1. The first kappa shape index (κ1) is 29.9. The van der Waals surface area contributed by atoms with Crippen LogP contribution in [0.5, 0.6) is 5.75 Å². The summed E-state index contributed by atoms with van der Waals surface area (Å²) >= 11 is 6.76. The summed E-state index contributed by atoms with van der Waals surface area (Å²) in [6.45, 7) is 3.36. The van der Waals surface area contributed by atoms with E-state index in [-0.39, 0.29) is 23.4 Å². The average Bonchev–Trinajstić information content (AvgIpc) is 2.89. The summed E-state index contributed by atoms with van der Waals surface area (Å²) < 4.78 is 6.95. The van der Waals surface area contributed by atoms with Crippen molar-refractivity contribution in [3.63, 3.8) is 0 Å². The molecule has 0 unspecified atom stereocenters. The highest BCUT2D eigenvalue weighted by Crippen LogP contribution is 2.40. The smallest absolute Gasteiger partial charge is 0.412 e. The molecule has 3 aromatic carbocycles.